The highest BCUT2D eigenvalue weighted by Crippen LogP contribution is 2.34. The third-order valence-corrected chi connectivity index (χ3v) is 4.04. The summed E-state index contributed by atoms with van der Waals surface area (Å²) in [7, 11) is 1.55. The molecule has 1 amide bonds. The molecule has 2 heterocycles. The number of nitrogens with zero attached hydrogens (tertiary/aromatic N) is 1. The molecule has 0 aromatic carbocycles. The topological polar surface area (TPSA) is 87.8 Å². The van der Waals surface area contributed by atoms with Crippen LogP contribution in [0.3, 0.4) is 0 Å². The number of likely N-dealkylation sites (N-methyl/N-ethyl adjacent to an activating group) is 1. The van der Waals surface area contributed by atoms with Gasteiger partial charge in [0.15, 0.2) is 5.76 Å². The lowest BCUT2D eigenvalue weighted by atomic mass is 10.0. The normalized spacial score (nSPS) is 18.8. The first kappa shape index (κ1) is 14.4. The van der Waals surface area contributed by atoms with Crippen molar-refractivity contribution < 1.29 is 23.9 Å². The van der Waals surface area contributed by atoms with E-state index in [1.807, 2.05) is 0 Å². The molecule has 20 heavy (non-hydrogen) atoms. The van der Waals surface area contributed by atoms with E-state index in [-0.39, 0.29) is 16.9 Å². The molecule has 0 radical (unpaired) electrons. The number of Topliss-reactive ketones (excluding diaryl/α,β-unsaturated/α-hetero) is 1. The number of carboxylic acid groups (broad SMARTS) is 1. The quantitative estimate of drug-likeness (QED) is 0.826. The monoisotopic (exact) mass is 295 g/mol. The van der Waals surface area contributed by atoms with Gasteiger partial charge in [0, 0.05) is 18.2 Å². The maximum absolute atomic E-state index is 12.4. The standard InChI is InChI=1S/C13H13NO5S/c1-14-12(18)7(6-9(15)16)10(13(14)20-2)11(17)8-4-3-5-19-8/h3-5,13H,6H2,1-2H3,(H,15,16)/t13-/m1/s1. The first-order valence-corrected chi connectivity index (χ1v) is 7.09. The zero-order valence-corrected chi connectivity index (χ0v) is 11.8. The van der Waals surface area contributed by atoms with Crippen molar-refractivity contribution in [3.8, 4) is 0 Å². The summed E-state index contributed by atoms with van der Waals surface area (Å²) in [4.78, 5) is 36.8. The summed E-state index contributed by atoms with van der Waals surface area (Å²) in [5.41, 5.74) is 0.225. The van der Waals surface area contributed by atoms with Gasteiger partial charge in [-0.25, -0.2) is 0 Å². The maximum Gasteiger partial charge on any atom is 0.308 e. The van der Waals surface area contributed by atoms with E-state index in [9.17, 15) is 14.4 Å². The SMILES string of the molecule is CS[C@@H]1C(C(=O)c2ccco2)=C(CC(=O)O)C(=O)N1C. The Morgan fingerprint density at radius 3 is 2.70 bits per heavy atom. The van der Waals surface area contributed by atoms with Gasteiger partial charge < -0.3 is 14.4 Å². The minimum absolute atomic E-state index is 0.0285. The predicted molar refractivity (Wildman–Crippen MR) is 72.4 cm³/mol. The lowest BCUT2D eigenvalue weighted by molar-refractivity contribution is -0.137. The molecule has 0 spiro atoms. The molecule has 0 saturated heterocycles. The van der Waals surface area contributed by atoms with Crippen LogP contribution in [0, 0.1) is 0 Å². The lowest BCUT2D eigenvalue weighted by Gasteiger charge is -2.19. The molecular formula is C13H13NO5S. The second kappa shape index (κ2) is 5.54. The van der Waals surface area contributed by atoms with Gasteiger partial charge in [0.1, 0.15) is 5.37 Å². The van der Waals surface area contributed by atoms with Crippen molar-refractivity contribution >= 4 is 29.4 Å². The van der Waals surface area contributed by atoms with Crippen molar-refractivity contribution in [3.05, 3.63) is 35.3 Å². The Balaban J connectivity index is 2.50. The fraction of sp³-hybridized carbons (Fsp3) is 0.308. The Morgan fingerprint density at radius 1 is 1.50 bits per heavy atom. The molecule has 0 aliphatic carbocycles. The number of thioether (sulfide) groups is 1. The van der Waals surface area contributed by atoms with Crippen LogP contribution in [0.25, 0.3) is 0 Å². The summed E-state index contributed by atoms with van der Waals surface area (Å²) in [6.07, 6.45) is 2.65. The average molecular weight is 295 g/mol. The van der Waals surface area contributed by atoms with Crippen LogP contribution >= 0.6 is 11.8 Å². The molecule has 0 unspecified atom stereocenters. The van der Waals surface area contributed by atoms with Gasteiger partial charge in [0.05, 0.1) is 12.7 Å². The number of furan rings is 1. The van der Waals surface area contributed by atoms with E-state index in [4.69, 9.17) is 9.52 Å². The van der Waals surface area contributed by atoms with Gasteiger partial charge in [-0.3, -0.25) is 14.4 Å². The van der Waals surface area contributed by atoms with E-state index < -0.39 is 29.5 Å². The zero-order valence-electron chi connectivity index (χ0n) is 11.0. The van der Waals surface area contributed by atoms with Gasteiger partial charge in [0.2, 0.25) is 5.78 Å². The summed E-state index contributed by atoms with van der Waals surface area (Å²) in [5, 5.41) is 8.43. The smallest absolute Gasteiger partial charge is 0.308 e. The Labute approximate surface area is 119 Å². The van der Waals surface area contributed by atoms with E-state index in [2.05, 4.69) is 0 Å². The highest BCUT2D eigenvalue weighted by atomic mass is 32.2. The molecule has 1 aromatic heterocycles. The fourth-order valence-corrected chi connectivity index (χ4v) is 3.06. The van der Waals surface area contributed by atoms with Crippen molar-refractivity contribution in [2.75, 3.05) is 13.3 Å². The molecule has 106 valence electrons. The number of carboxylic acids is 1. The Hall–Kier alpha value is -2.02. The van der Waals surface area contributed by atoms with Crippen molar-refractivity contribution in [3.63, 3.8) is 0 Å². The summed E-state index contributed by atoms with van der Waals surface area (Å²) in [6.45, 7) is 0. The minimum atomic E-state index is -1.15. The molecule has 1 aliphatic rings. The Kier molecular flexibility index (Phi) is 3.99. The van der Waals surface area contributed by atoms with E-state index in [1.54, 1.807) is 19.4 Å². The number of aliphatic carboxylic acids is 1. The van der Waals surface area contributed by atoms with Crippen molar-refractivity contribution in [2.45, 2.75) is 11.8 Å². The second-order valence-corrected chi connectivity index (χ2v) is 5.19. The highest BCUT2D eigenvalue weighted by Gasteiger charge is 2.41. The van der Waals surface area contributed by atoms with Gasteiger partial charge in [-0.15, -0.1) is 11.8 Å². The van der Waals surface area contributed by atoms with Gasteiger partial charge in [0.25, 0.3) is 5.91 Å². The second-order valence-electron chi connectivity index (χ2n) is 4.27. The summed E-state index contributed by atoms with van der Waals surface area (Å²) in [6, 6.07) is 3.06. The molecule has 1 N–H and O–H groups in total. The van der Waals surface area contributed by atoms with Crippen LogP contribution < -0.4 is 0 Å². The van der Waals surface area contributed by atoms with Crippen LogP contribution in [0.1, 0.15) is 17.0 Å². The lowest BCUT2D eigenvalue weighted by Crippen LogP contribution is -2.30. The van der Waals surface area contributed by atoms with Crippen molar-refractivity contribution in [1.82, 2.24) is 4.90 Å². The van der Waals surface area contributed by atoms with Gasteiger partial charge in [-0.05, 0) is 18.4 Å². The molecule has 1 aromatic rings. The largest absolute Gasteiger partial charge is 0.481 e. The molecule has 7 heteroatoms. The number of hydrogen-bond donors (Lipinski definition) is 1. The maximum atomic E-state index is 12.4. The fourth-order valence-electron chi connectivity index (χ4n) is 2.16. The van der Waals surface area contributed by atoms with Crippen LogP contribution in [-0.2, 0) is 9.59 Å². The predicted octanol–water partition coefficient (Wildman–Crippen LogP) is 1.39. The highest BCUT2D eigenvalue weighted by molar-refractivity contribution is 7.99. The molecule has 6 nitrogen and oxygen atoms in total. The third kappa shape index (κ3) is 2.36. The van der Waals surface area contributed by atoms with Gasteiger partial charge >= 0.3 is 5.97 Å². The van der Waals surface area contributed by atoms with Crippen molar-refractivity contribution in [2.24, 2.45) is 0 Å². The first-order valence-electron chi connectivity index (χ1n) is 5.80. The van der Waals surface area contributed by atoms with Crippen molar-refractivity contribution in [1.29, 1.82) is 0 Å². The third-order valence-electron chi connectivity index (χ3n) is 3.04. The summed E-state index contributed by atoms with van der Waals surface area (Å²) >= 11 is 1.30. The molecule has 0 saturated carbocycles. The first-order chi connectivity index (χ1) is 9.47. The van der Waals surface area contributed by atoms with Crippen LogP contribution in [0.5, 0.6) is 0 Å². The molecule has 1 aliphatic heterocycles. The van der Waals surface area contributed by atoms with E-state index in [0.29, 0.717) is 0 Å². The number of carbonyl (C=O) groups is 3. The average Bonchev–Trinajstić information content (AvgIpc) is 3.00. The summed E-state index contributed by atoms with van der Waals surface area (Å²) in [5.74, 6) is -1.91. The van der Waals surface area contributed by atoms with Gasteiger partial charge in [-0.2, -0.15) is 0 Å². The molecular weight excluding hydrogens is 282 g/mol. The number of rotatable bonds is 5. The van der Waals surface area contributed by atoms with E-state index >= 15 is 0 Å². The Bertz CT molecular complexity index is 590. The van der Waals surface area contributed by atoms with E-state index in [1.165, 1.54) is 29.0 Å². The molecule has 2 rings (SSSR count). The Morgan fingerprint density at radius 2 is 2.20 bits per heavy atom. The molecule has 0 fully saturated rings. The molecule has 0 bridgehead atoms. The van der Waals surface area contributed by atoms with Crippen LogP contribution in [0.2, 0.25) is 0 Å². The van der Waals surface area contributed by atoms with E-state index in [0.717, 1.165) is 0 Å². The van der Waals surface area contributed by atoms with Crippen LogP contribution in [0.4, 0.5) is 0 Å². The molecule has 1 atom stereocenters. The minimum Gasteiger partial charge on any atom is -0.481 e. The number of amides is 1. The number of carbonyl (C=O) groups excluding carboxylic acids is 2. The van der Waals surface area contributed by atoms with Gasteiger partial charge in [-0.1, -0.05) is 0 Å². The van der Waals surface area contributed by atoms with Crippen LogP contribution in [-0.4, -0.2) is 46.3 Å². The van der Waals surface area contributed by atoms with Crippen LogP contribution in [0.15, 0.2) is 34.0 Å². The zero-order chi connectivity index (χ0) is 14.9. The summed E-state index contributed by atoms with van der Waals surface area (Å²) < 4.78 is 5.05. The number of hydrogen-bond acceptors (Lipinski definition) is 5. The number of ketones is 1.